The molecule has 0 bridgehead atoms. The van der Waals surface area contributed by atoms with Crippen molar-refractivity contribution < 1.29 is 19.2 Å². The molecule has 1 aliphatic heterocycles. The van der Waals surface area contributed by atoms with Gasteiger partial charge in [-0.15, -0.1) is 6.58 Å². The number of rotatable bonds is 7. The molecule has 3 rings (SSSR count). The van der Waals surface area contributed by atoms with Crippen molar-refractivity contribution in [3.8, 4) is 0 Å². The molecule has 4 amide bonds. The van der Waals surface area contributed by atoms with Gasteiger partial charge in [-0.2, -0.15) is 0 Å². The molecule has 146 valence electrons. The predicted molar refractivity (Wildman–Crippen MR) is 104 cm³/mol. The van der Waals surface area contributed by atoms with Gasteiger partial charge in [-0.05, 0) is 25.0 Å². The Morgan fingerprint density at radius 1 is 1.11 bits per heavy atom. The van der Waals surface area contributed by atoms with Gasteiger partial charge in [-0.25, -0.2) is 0 Å². The molecule has 0 radical (unpaired) electrons. The summed E-state index contributed by atoms with van der Waals surface area (Å²) < 4.78 is 0. The van der Waals surface area contributed by atoms with Gasteiger partial charge in [0.05, 0.1) is 23.1 Å². The van der Waals surface area contributed by atoms with Gasteiger partial charge in [-0.1, -0.05) is 30.4 Å². The Kier molecular flexibility index (Phi) is 6.03. The first kappa shape index (κ1) is 19.5. The number of anilines is 1. The molecule has 1 aliphatic carbocycles. The summed E-state index contributed by atoms with van der Waals surface area (Å²) in [5.41, 5.74) is 0.717. The Balaban J connectivity index is 1.60. The third-order valence-corrected chi connectivity index (χ3v) is 5.01. The van der Waals surface area contributed by atoms with Crippen LogP contribution in [0.1, 0.15) is 29.6 Å². The largest absolute Gasteiger partial charge is 0.349 e. The summed E-state index contributed by atoms with van der Waals surface area (Å²) in [6.45, 7) is 3.91. The van der Waals surface area contributed by atoms with Crippen LogP contribution < -0.4 is 10.6 Å². The van der Waals surface area contributed by atoms with E-state index >= 15 is 0 Å². The molecule has 1 fully saturated rings. The molecule has 0 unspecified atom stereocenters. The molecule has 28 heavy (non-hydrogen) atoms. The van der Waals surface area contributed by atoms with Crippen LogP contribution in [0, 0.1) is 11.8 Å². The minimum absolute atomic E-state index is 0.0209. The number of amides is 4. The smallest absolute Gasteiger partial charge is 0.253 e. The van der Waals surface area contributed by atoms with E-state index in [9.17, 15) is 19.2 Å². The number of fused-ring (bicyclic) bond motifs is 1. The van der Waals surface area contributed by atoms with E-state index in [1.807, 2.05) is 12.2 Å². The number of carbonyl (C=O) groups excluding carboxylic acids is 4. The van der Waals surface area contributed by atoms with E-state index in [0.29, 0.717) is 30.6 Å². The SMILES string of the molecule is C=CCNC(=O)c1ccccc1NC(=O)CCN1C(=O)[C@H]2CC=CC[C@H]2C1=O. The molecule has 7 nitrogen and oxygen atoms in total. The van der Waals surface area contributed by atoms with Gasteiger partial charge in [0.25, 0.3) is 5.91 Å². The predicted octanol–water partition coefficient (Wildman–Crippen LogP) is 1.88. The molecule has 0 saturated carbocycles. The zero-order valence-corrected chi connectivity index (χ0v) is 15.5. The average Bonchev–Trinajstić information content (AvgIpc) is 2.95. The number of allylic oxidation sites excluding steroid dienone is 2. The molecule has 0 spiro atoms. The first-order chi connectivity index (χ1) is 13.5. The molecular weight excluding hydrogens is 358 g/mol. The Bertz CT molecular complexity index is 820. The van der Waals surface area contributed by atoms with Crippen LogP contribution in [0.3, 0.4) is 0 Å². The number of carbonyl (C=O) groups is 4. The third kappa shape index (κ3) is 4.03. The fraction of sp³-hybridized carbons (Fsp3) is 0.333. The molecule has 2 N–H and O–H groups in total. The van der Waals surface area contributed by atoms with Crippen molar-refractivity contribution in [1.29, 1.82) is 0 Å². The maximum atomic E-state index is 12.4. The Morgan fingerprint density at radius 2 is 1.75 bits per heavy atom. The van der Waals surface area contributed by atoms with Crippen molar-refractivity contribution in [2.24, 2.45) is 11.8 Å². The van der Waals surface area contributed by atoms with E-state index in [1.165, 1.54) is 4.90 Å². The maximum absolute atomic E-state index is 12.4. The summed E-state index contributed by atoms with van der Waals surface area (Å²) in [4.78, 5) is 50.6. The van der Waals surface area contributed by atoms with Gasteiger partial charge in [0.2, 0.25) is 17.7 Å². The molecule has 7 heteroatoms. The lowest BCUT2D eigenvalue weighted by molar-refractivity contribution is -0.140. The maximum Gasteiger partial charge on any atom is 0.253 e. The average molecular weight is 381 g/mol. The highest BCUT2D eigenvalue weighted by molar-refractivity contribution is 6.06. The number of hydrogen-bond acceptors (Lipinski definition) is 4. The molecule has 0 aromatic heterocycles. The Hall–Kier alpha value is -3.22. The quantitative estimate of drug-likeness (QED) is 0.557. The minimum Gasteiger partial charge on any atom is -0.349 e. The van der Waals surface area contributed by atoms with Crippen molar-refractivity contribution in [1.82, 2.24) is 10.2 Å². The van der Waals surface area contributed by atoms with E-state index in [2.05, 4.69) is 17.2 Å². The second-order valence-electron chi connectivity index (χ2n) is 6.83. The van der Waals surface area contributed by atoms with Gasteiger partial charge in [0.1, 0.15) is 0 Å². The molecule has 2 atom stereocenters. The highest BCUT2D eigenvalue weighted by atomic mass is 16.2. The summed E-state index contributed by atoms with van der Waals surface area (Å²) in [5, 5.41) is 5.36. The van der Waals surface area contributed by atoms with E-state index in [-0.39, 0.29) is 48.4 Å². The van der Waals surface area contributed by atoms with Crippen LogP contribution >= 0.6 is 0 Å². The van der Waals surface area contributed by atoms with Crippen molar-refractivity contribution >= 4 is 29.3 Å². The fourth-order valence-electron chi connectivity index (χ4n) is 3.57. The second kappa shape index (κ2) is 8.65. The summed E-state index contributed by atoms with van der Waals surface area (Å²) >= 11 is 0. The van der Waals surface area contributed by atoms with Crippen LogP contribution in [0.5, 0.6) is 0 Å². The van der Waals surface area contributed by atoms with Gasteiger partial charge in [-0.3, -0.25) is 24.1 Å². The van der Waals surface area contributed by atoms with Crippen LogP contribution in [0.15, 0.2) is 49.1 Å². The lowest BCUT2D eigenvalue weighted by Gasteiger charge is -2.15. The van der Waals surface area contributed by atoms with Gasteiger partial charge < -0.3 is 10.6 Å². The van der Waals surface area contributed by atoms with E-state index in [0.717, 1.165) is 0 Å². The third-order valence-electron chi connectivity index (χ3n) is 5.01. The second-order valence-corrected chi connectivity index (χ2v) is 6.83. The molecule has 1 aromatic rings. The first-order valence-corrected chi connectivity index (χ1v) is 9.31. The van der Waals surface area contributed by atoms with Crippen molar-refractivity contribution in [2.45, 2.75) is 19.3 Å². The lowest BCUT2D eigenvalue weighted by atomic mass is 9.85. The molecule has 1 aromatic carbocycles. The van der Waals surface area contributed by atoms with Crippen LogP contribution in [0.4, 0.5) is 5.69 Å². The number of benzene rings is 1. The zero-order valence-electron chi connectivity index (χ0n) is 15.5. The number of nitrogens with one attached hydrogen (secondary N) is 2. The lowest BCUT2D eigenvalue weighted by Crippen LogP contribution is -2.34. The van der Waals surface area contributed by atoms with Crippen molar-refractivity contribution in [3.63, 3.8) is 0 Å². The van der Waals surface area contributed by atoms with E-state index in [1.54, 1.807) is 30.3 Å². The number of nitrogens with zero attached hydrogens (tertiary/aromatic N) is 1. The molecule has 1 saturated heterocycles. The van der Waals surface area contributed by atoms with Crippen LogP contribution in [-0.2, 0) is 14.4 Å². The topological polar surface area (TPSA) is 95.6 Å². The van der Waals surface area contributed by atoms with Gasteiger partial charge >= 0.3 is 0 Å². The summed E-state index contributed by atoms with van der Waals surface area (Å²) in [7, 11) is 0. The first-order valence-electron chi connectivity index (χ1n) is 9.31. The van der Waals surface area contributed by atoms with Gasteiger partial charge in [0, 0.05) is 19.5 Å². The number of imide groups is 1. The van der Waals surface area contributed by atoms with Gasteiger partial charge in [0.15, 0.2) is 0 Å². The van der Waals surface area contributed by atoms with Crippen LogP contribution in [-0.4, -0.2) is 41.6 Å². The summed E-state index contributed by atoms with van der Waals surface area (Å²) in [6, 6.07) is 6.66. The van der Waals surface area contributed by atoms with E-state index < -0.39 is 0 Å². The standard InChI is InChI=1S/C21H23N3O4/c1-2-12-22-19(26)16-9-5-6-10-17(16)23-18(25)11-13-24-20(27)14-7-3-4-8-15(14)21(24)28/h2-6,9-10,14-15H,1,7-8,11-13H2,(H,22,26)(H,23,25)/t14-,15+. The highest BCUT2D eigenvalue weighted by Crippen LogP contribution is 2.35. The van der Waals surface area contributed by atoms with Crippen molar-refractivity contribution in [2.75, 3.05) is 18.4 Å². The Morgan fingerprint density at radius 3 is 2.39 bits per heavy atom. The monoisotopic (exact) mass is 381 g/mol. The van der Waals surface area contributed by atoms with Crippen LogP contribution in [0.25, 0.3) is 0 Å². The number of para-hydroxylation sites is 1. The normalized spacial score (nSPS) is 20.6. The molecule has 1 heterocycles. The fourth-order valence-corrected chi connectivity index (χ4v) is 3.57. The minimum atomic E-state index is -0.363. The Labute approximate surface area is 163 Å². The highest BCUT2D eigenvalue weighted by Gasteiger charge is 2.46. The summed E-state index contributed by atoms with van der Waals surface area (Å²) in [5.74, 6) is -1.67. The molecular formula is C21H23N3O4. The number of hydrogen-bond donors (Lipinski definition) is 2. The van der Waals surface area contributed by atoms with Crippen LogP contribution in [0.2, 0.25) is 0 Å². The van der Waals surface area contributed by atoms with E-state index in [4.69, 9.17) is 0 Å². The summed E-state index contributed by atoms with van der Waals surface area (Å²) in [6.07, 6.45) is 6.55. The number of likely N-dealkylation sites (tertiary alicyclic amines) is 1. The zero-order chi connectivity index (χ0) is 20.1. The molecule has 2 aliphatic rings. The van der Waals surface area contributed by atoms with Crippen molar-refractivity contribution in [3.05, 3.63) is 54.6 Å².